The first-order valence-corrected chi connectivity index (χ1v) is 10.6. The van der Waals surface area contributed by atoms with E-state index in [1.54, 1.807) is 4.90 Å². The zero-order valence-corrected chi connectivity index (χ0v) is 17.7. The minimum atomic E-state index is -0.0334. The summed E-state index contributed by atoms with van der Waals surface area (Å²) in [5, 5.41) is 8.28. The fourth-order valence-corrected chi connectivity index (χ4v) is 3.76. The second kappa shape index (κ2) is 8.51. The van der Waals surface area contributed by atoms with Gasteiger partial charge in [-0.2, -0.15) is 9.61 Å². The van der Waals surface area contributed by atoms with Crippen molar-refractivity contribution in [3.8, 4) is 11.1 Å². The highest BCUT2D eigenvalue weighted by Crippen LogP contribution is 2.29. The predicted molar refractivity (Wildman–Crippen MR) is 117 cm³/mol. The molecule has 1 fully saturated rings. The molecule has 3 heterocycles. The van der Waals surface area contributed by atoms with Crippen molar-refractivity contribution in [1.82, 2.24) is 14.6 Å². The minimum Gasteiger partial charge on any atom is -0.370 e. The first-order valence-electron chi connectivity index (χ1n) is 10.6. The normalized spacial score (nSPS) is 15.7. The summed E-state index contributed by atoms with van der Waals surface area (Å²) in [6.45, 7) is 12.7. The Hall–Kier alpha value is -2.44. The number of hydrogen-bond donors (Lipinski definition) is 2. The Morgan fingerprint density at radius 1 is 1.14 bits per heavy atom. The summed E-state index contributed by atoms with van der Waals surface area (Å²) in [5.41, 5.74) is 4.16. The number of ether oxygens (including phenoxy) is 1. The summed E-state index contributed by atoms with van der Waals surface area (Å²) in [6.07, 6.45) is 3.05. The number of hydrogen-bond acceptors (Lipinski definition) is 4. The molecule has 6 heteroatoms. The van der Waals surface area contributed by atoms with E-state index >= 15 is 0 Å². The summed E-state index contributed by atoms with van der Waals surface area (Å²) in [6, 6.07) is 12.5. The smallest absolute Gasteiger partial charge is 0.165 e. The van der Waals surface area contributed by atoms with Crippen molar-refractivity contribution in [3.63, 3.8) is 0 Å². The number of morpholine rings is 1. The molecule has 0 unspecified atom stereocenters. The van der Waals surface area contributed by atoms with Crippen molar-refractivity contribution in [2.24, 2.45) is 0 Å². The average molecular weight is 395 g/mol. The van der Waals surface area contributed by atoms with Gasteiger partial charge < -0.3 is 15.0 Å². The molecule has 0 aliphatic carbocycles. The van der Waals surface area contributed by atoms with Gasteiger partial charge in [0.25, 0.3) is 0 Å². The predicted octanol–water partition coefficient (Wildman–Crippen LogP) is 2.41. The maximum atomic E-state index is 5.45. The Kier molecular flexibility index (Phi) is 5.83. The molecule has 0 saturated carbocycles. The maximum absolute atomic E-state index is 5.45. The Balaban J connectivity index is 1.58. The monoisotopic (exact) mass is 394 g/mol. The first-order chi connectivity index (χ1) is 14.0. The van der Waals surface area contributed by atoms with Crippen LogP contribution in [0.2, 0.25) is 0 Å². The summed E-state index contributed by atoms with van der Waals surface area (Å²) in [5.74, 6) is 1.01. The van der Waals surface area contributed by atoms with Gasteiger partial charge >= 0.3 is 0 Å². The topological polar surface area (TPSA) is 55.9 Å². The Morgan fingerprint density at radius 3 is 2.62 bits per heavy atom. The van der Waals surface area contributed by atoms with Crippen LogP contribution in [-0.2, 0) is 10.2 Å². The molecule has 6 nitrogen and oxygen atoms in total. The van der Waals surface area contributed by atoms with Gasteiger partial charge in [0.1, 0.15) is 18.9 Å². The molecule has 3 aromatic rings. The van der Waals surface area contributed by atoms with Gasteiger partial charge in [0.2, 0.25) is 0 Å². The minimum absolute atomic E-state index is 0.0334. The fraction of sp³-hybridized carbons (Fsp3) is 0.478. The molecule has 154 valence electrons. The van der Waals surface area contributed by atoms with Crippen LogP contribution in [0.15, 0.2) is 42.6 Å². The number of fused-ring (bicyclic) bond motifs is 1. The summed E-state index contributed by atoms with van der Waals surface area (Å²) >= 11 is 0. The molecule has 1 aliphatic heterocycles. The van der Waals surface area contributed by atoms with Crippen molar-refractivity contribution in [2.45, 2.75) is 32.6 Å². The van der Waals surface area contributed by atoms with Gasteiger partial charge in [-0.3, -0.25) is 0 Å². The van der Waals surface area contributed by atoms with E-state index in [1.807, 2.05) is 16.8 Å². The number of anilines is 1. The zero-order valence-electron chi connectivity index (χ0n) is 17.7. The van der Waals surface area contributed by atoms with Gasteiger partial charge in [0.15, 0.2) is 5.65 Å². The molecular weight excluding hydrogens is 362 g/mol. The van der Waals surface area contributed by atoms with Crippen LogP contribution in [0.4, 0.5) is 5.82 Å². The molecule has 2 N–H and O–H groups in total. The molecular formula is C23H32N5O+. The van der Waals surface area contributed by atoms with Gasteiger partial charge in [-0.25, -0.2) is 4.98 Å². The summed E-state index contributed by atoms with van der Waals surface area (Å²) < 4.78 is 7.40. The highest BCUT2D eigenvalue weighted by molar-refractivity contribution is 5.78. The SMILES string of the molecule is CC(C)(C)c1cc(NCCC[NH+]2CCOCC2)n2ncc(-c3ccccc3)c2n1. The van der Waals surface area contributed by atoms with E-state index in [2.05, 4.69) is 61.5 Å². The van der Waals surface area contributed by atoms with Gasteiger partial charge in [0.05, 0.1) is 31.6 Å². The van der Waals surface area contributed by atoms with E-state index in [4.69, 9.17) is 9.72 Å². The number of nitrogens with one attached hydrogen (secondary N) is 2. The lowest BCUT2D eigenvalue weighted by Crippen LogP contribution is -3.14. The Morgan fingerprint density at radius 2 is 1.90 bits per heavy atom. The van der Waals surface area contributed by atoms with Crippen molar-refractivity contribution < 1.29 is 9.64 Å². The number of nitrogens with zero attached hydrogens (tertiary/aromatic N) is 3. The van der Waals surface area contributed by atoms with Crippen LogP contribution >= 0.6 is 0 Å². The van der Waals surface area contributed by atoms with E-state index in [-0.39, 0.29) is 5.41 Å². The third-order valence-electron chi connectivity index (χ3n) is 5.54. The molecule has 2 aromatic heterocycles. The molecule has 0 atom stereocenters. The molecule has 0 radical (unpaired) electrons. The average Bonchev–Trinajstić information content (AvgIpc) is 3.16. The third kappa shape index (κ3) is 4.60. The van der Waals surface area contributed by atoms with E-state index in [0.29, 0.717) is 0 Å². The zero-order chi connectivity index (χ0) is 20.3. The highest BCUT2D eigenvalue weighted by atomic mass is 16.5. The molecule has 0 amide bonds. The number of rotatable bonds is 6. The van der Waals surface area contributed by atoms with E-state index in [0.717, 1.165) is 67.6 Å². The molecule has 4 rings (SSSR count). The molecule has 0 bridgehead atoms. The quantitative estimate of drug-likeness (QED) is 0.631. The lowest BCUT2D eigenvalue weighted by molar-refractivity contribution is -0.908. The molecule has 0 spiro atoms. The van der Waals surface area contributed by atoms with Crippen LogP contribution in [0.25, 0.3) is 16.8 Å². The molecule has 1 aromatic carbocycles. The number of benzene rings is 1. The third-order valence-corrected chi connectivity index (χ3v) is 5.54. The largest absolute Gasteiger partial charge is 0.370 e. The Labute approximate surface area is 172 Å². The van der Waals surface area contributed by atoms with E-state index in [1.165, 1.54) is 6.54 Å². The van der Waals surface area contributed by atoms with E-state index < -0.39 is 0 Å². The standard InChI is InChI=1S/C23H31N5O/c1-23(2,3)20-16-21(24-10-7-11-27-12-14-29-15-13-27)28-22(26-20)19(17-25-28)18-8-5-4-6-9-18/h4-6,8-9,16-17,24H,7,10-15H2,1-3H3/p+1. The summed E-state index contributed by atoms with van der Waals surface area (Å²) in [7, 11) is 0. The highest BCUT2D eigenvalue weighted by Gasteiger charge is 2.20. The van der Waals surface area contributed by atoms with Gasteiger partial charge in [0, 0.05) is 30.0 Å². The van der Waals surface area contributed by atoms with Crippen molar-refractivity contribution in [1.29, 1.82) is 0 Å². The number of aromatic nitrogens is 3. The van der Waals surface area contributed by atoms with Gasteiger partial charge in [-0.1, -0.05) is 51.1 Å². The molecule has 29 heavy (non-hydrogen) atoms. The van der Waals surface area contributed by atoms with Crippen molar-refractivity contribution >= 4 is 11.5 Å². The van der Waals surface area contributed by atoms with Crippen LogP contribution in [0.3, 0.4) is 0 Å². The van der Waals surface area contributed by atoms with Crippen molar-refractivity contribution in [2.75, 3.05) is 44.7 Å². The van der Waals surface area contributed by atoms with Crippen molar-refractivity contribution in [3.05, 3.63) is 48.3 Å². The van der Waals surface area contributed by atoms with Gasteiger partial charge in [-0.15, -0.1) is 0 Å². The van der Waals surface area contributed by atoms with E-state index in [9.17, 15) is 0 Å². The second-order valence-electron chi connectivity index (χ2n) is 8.83. The van der Waals surface area contributed by atoms with Gasteiger partial charge in [-0.05, 0) is 5.56 Å². The van der Waals surface area contributed by atoms with Crippen LogP contribution in [-0.4, -0.2) is 54.0 Å². The lowest BCUT2D eigenvalue weighted by Gasteiger charge is -2.24. The fourth-order valence-electron chi connectivity index (χ4n) is 3.76. The first kappa shape index (κ1) is 19.9. The second-order valence-corrected chi connectivity index (χ2v) is 8.83. The van der Waals surface area contributed by atoms with Crippen LogP contribution in [0.1, 0.15) is 32.9 Å². The molecule has 1 aliphatic rings. The maximum Gasteiger partial charge on any atom is 0.165 e. The lowest BCUT2D eigenvalue weighted by atomic mass is 9.92. The summed E-state index contributed by atoms with van der Waals surface area (Å²) in [4.78, 5) is 6.63. The van der Waals surface area contributed by atoms with Crippen LogP contribution in [0, 0.1) is 0 Å². The van der Waals surface area contributed by atoms with Crippen LogP contribution in [0.5, 0.6) is 0 Å². The molecule has 1 saturated heterocycles. The Bertz CT molecular complexity index is 939. The number of quaternary nitrogens is 1. The van der Waals surface area contributed by atoms with Crippen LogP contribution < -0.4 is 10.2 Å².